The van der Waals surface area contributed by atoms with Crippen molar-refractivity contribution < 1.29 is 9.90 Å². The monoisotopic (exact) mass is 274 g/mol. The van der Waals surface area contributed by atoms with Crippen molar-refractivity contribution in [1.82, 2.24) is 10.2 Å². The van der Waals surface area contributed by atoms with Crippen LogP contribution in [0.5, 0.6) is 0 Å². The van der Waals surface area contributed by atoms with Crippen LogP contribution in [-0.2, 0) is 17.8 Å². The van der Waals surface area contributed by atoms with Crippen molar-refractivity contribution in [2.45, 2.75) is 31.8 Å². The van der Waals surface area contributed by atoms with Crippen molar-refractivity contribution in [2.24, 2.45) is 5.92 Å². The molecule has 1 aromatic rings. The van der Waals surface area contributed by atoms with E-state index in [0.29, 0.717) is 6.04 Å². The van der Waals surface area contributed by atoms with Crippen LogP contribution in [0.4, 0.5) is 0 Å². The number of hydrogen-bond donors (Lipinski definition) is 2. The average molecular weight is 274 g/mol. The highest BCUT2D eigenvalue weighted by atomic mass is 16.4. The largest absolute Gasteiger partial charge is 0.481 e. The smallest absolute Gasteiger partial charge is 0.307 e. The van der Waals surface area contributed by atoms with E-state index in [2.05, 4.69) is 10.2 Å². The summed E-state index contributed by atoms with van der Waals surface area (Å²) in [5, 5.41) is 12.4. The minimum atomic E-state index is -0.775. The summed E-state index contributed by atoms with van der Waals surface area (Å²) in [4.78, 5) is 13.2. The van der Waals surface area contributed by atoms with E-state index in [9.17, 15) is 4.79 Å². The number of carboxylic acids is 1. The Morgan fingerprint density at radius 1 is 1.20 bits per heavy atom. The Labute approximate surface area is 119 Å². The molecule has 0 spiro atoms. The third-order valence-electron chi connectivity index (χ3n) is 4.60. The fourth-order valence-electron chi connectivity index (χ4n) is 3.39. The molecule has 3 heterocycles. The van der Waals surface area contributed by atoms with E-state index < -0.39 is 5.97 Å². The Morgan fingerprint density at radius 3 is 2.40 bits per heavy atom. The van der Waals surface area contributed by atoms with Crippen LogP contribution in [0, 0.1) is 5.92 Å². The molecule has 0 radical (unpaired) electrons. The summed E-state index contributed by atoms with van der Waals surface area (Å²) >= 11 is 0. The van der Waals surface area contributed by atoms with Crippen LogP contribution in [0.1, 0.15) is 24.0 Å². The summed E-state index contributed by atoms with van der Waals surface area (Å²) < 4.78 is 0. The number of aliphatic carboxylic acids is 1. The lowest BCUT2D eigenvalue weighted by Gasteiger charge is -2.45. The van der Waals surface area contributed by atoms with E-state index in [-0.39, 0.29) is 6.42 Å². The lowest BCUT2D eigenvalue weighted by Crippen LogP contribution is -2.55. The van der Waals surface area contributed by atoms with Crippen molar-refractivity contribution in [1.29, 1.82) is 0 Å². The first-order valence-corrected chi connectivity index (χ1v) is 7.46. The third kappa shape index (κ3) is 3.19. The van der Waals surface area contributed by atoms with Gasteiger partial charge in [-0.25, -0.2) is 0 Å². The van der Waals surface area contributed by atoms with Gasteiger partial charge in [0.25, 0.3) is 0 Å². The minimum absolute atomic E-state index is 0.105. The highest BCUT2D eigenvalue weighted by Gasteiger charge is 2.33. The van der Waals surface area contributed by atoms with Crippen molar-refractivity contribution >= 4 is 5.97 Å². The van der Waals surface area contributed by atoms with E-state index in [1.165, 1.54) is 38.0 Å². The zero-order chi connectivity index (χ0) is 13.9. The third-order valence-corrected chi connectivity index (χ3v) is 4.60. The Kier molecular flexibility index (Phi) is 4.03. The van der Waals surface area contributed by atoms with Gasteiger partial charge in [0, 0.05) is 19.1 Å². The number of piperidine rings is 3. The topological polar surface area (TPSA) is 52.6 Å². The molecular weight excluding hydrogens is 252 g/mol. The minimum Gasteiger partial charge on any atom is -0.481 e. The summed E-state index contributed by atoms with van der Waals surface area (Å²) in [7, 11) is 0. The molecule has 0 aromatic heterocycles. The van der Waals surface area contributed by atoms with Crippen molar-refractivity contribution in [3.05, 3.63) is 35.4 Å². The standard InChI is InChI=1S/C16H22N2O2/c19-16(20)9-12-1-3-13(4-2-12)10-17-15-11-18-7-5-14(15)6-8-18/h1-4,14-15,17H,5-11H2,(H,19,20). The average Bonchev–Trinajstić information content (AvgIpc) is 2.47. The Bertz CT molecular complexity index is 464. The van der Waals surface area contributed by atoms with E-state index in [0.717, 1.165) is 18.0 Å². The van der Waals surface area contributed by atoms with Gasteiger partial charge in [0.15, 0.2) is 0 Å². The SMILES string of the molecule is O=C(O)Cc1ccc(CNC2CN3CCC2CC3)cc1. The van der Waals surface area contributed by atoms with Gasteiger partial charge in [0.05, 0.1) is 6.42 Å². The summed E-state index contributed by atoms with van der Waals surface area (Å²) in [6.45, 7) is 4.60. The molecule has 3 fully saturated rings. The van der Waals surface area contributed by atoms with Crippen molar-refractivity contribution in [3.63, 3.8) is 0 Å². The highest BCUT2D eigenvalue weighted by Crippen LogP contribution is 2.27. The van der Waals surface area contributed by atoms with Gasteiger partial charge in [-0.2, -0.15) is 0 Å². The van der Waals surface area contributed by atoms with Crippen molar-refractivity contribution in [3.8, 4) is 0 Å². The predicted octanol–water partition coefficient (Wildman–Crippen LogP) is 1.50. The molecule has 2 bridgehead atoms. The number of benzene rings is 1. The van der Waals surface area contributed by atoms with Crippen LogP contribution in [0.2, 0.25) is 0 Å². The first-order chi connectivity index (χ1) is 9.70. The number of nitrogens with zero attached hydrogens (tertiary/aromatic N) is 1. The van der Waals surface area contributed by atoms with Gasteiger partial charge in [-0.05, 0) is 43.0 Å². The lowest BCUT2D eigenvalue weighted by atomic mass is 9.84. The van der Waals surface area contributed by atoms with E-state index >= 15 is 0 Å². The maximum atomic E-state index is 10.6. The number of rotatable bonds is 5. The molecule has 2 N–H and O–H groups in total. The number of carboxylic acid groups (broad SMARTS) is 1. The van der Waals surface area contributed by atoms with Gasteiger partial charge < -0.3 is 15.3 Å². The summed E-state index contributed by atoms with van der Waals surface area (Å²) in [6, 6.07) is 8.53. The second-order valence-corrected chi connectivity index (χ2v) is 6.01. The molecule has 0 aliphatic carbocycles. The van der Waals surface area contributed by atoms with Crippen LogP contribution in [-0.4, -0.2) is 41.7 Å². The molecule has 4 nitrogen and oxygen atoms in total. The molecular formula is C16H22N2O2. The molecule has 1 atom stereocenters. The first kappa shape index (κ1) is 13.6. The van der Waals surface area contributed by atoms with Gasteiger partial charge in [-0.1, -0.05) is 24.3 Å². The van der Waals surface area contributed by atoms with Crippen LogP contribution >= 0.6 is 0 Å². The number of carbonyl (C=O) groups is 1. The van der Waals surface area contributed by atoms with E-state index in [1.807, 2.05) is 24.3 Å². The number of hydrogen-bond acceptors (Lipinski definition) is 3. The van der Waals surface area contributed by atoms with Gasteiger partial charge in [0.2, 0.25) is 0 Å². The molecule has 0 saturated carbocycles. The van der Waals surface area contributed by atoms with Crippen LogP contribution in [0.25, 0.3) is 0 Å². The molecule has 1 aromatic carbocycles. The van der Waals surface area contributed by atoms with Crippen LogP contribution < -0.4 is 5.32 Å². The molecule has 3 saturated heterocycles. The molecule has 108 valence electrons. The molecule has 3 aliphatic rings. The molecule has 4 rings (SSSR count). The predicted molar refractivity (Wildman–Crippen MR) is 77.6 cm³/mol. The molecule has 1 unspecified atom stereocenters. The first-order valence-electron chi connectivity index (χ1n) is 7.46. The van der Waals surface area contributed by atoms with Crippen molar-refractivity contribution in [2.75, 3.05) is 19.6 Å². The van der Waals surface area contributed by atoms with Gasteiger partial charge in [-0.3, -0.25) is 4.79 Å². The zero-order valence-electron chi connectivity index (χ0n) is 11.7. The molecule has 20 heavy (non-hydrogen) atoms. The zero-order valence-corrected chi connectivity index (χ0v) is 11.7. The molecule has 3 aliphatic heterocycles. The van der Waals surface area contributed by atoms with E-state index in [4.69, 9.17) is 5.11 Å². The Hall–Kier alpha value is -1.39. The maximum Gasteiger partial charge on any atom is 0.307 e. The number of fused-ring (bicyclic) bond motifs is 3. The normalized spacial score (nSPS) is 28.5. The Balaban J connectivity index is 1.52. The molecule has 0 amide bonds. The van der Waals surface area contributed by atoms with Crippen LogP contribution in [0.3, 0.4) is 0 Å². The fourth-order valence-corrected chi connectivity index (χ4v) is 3.39. The van der Waals surface area contributed by atoms with Gasteiger partial charge >= 0.3 is 5.97 Å². The summed E-state index contributed by atoms with van der Waals surface area (Å²) in [5.74, 6) is 0.0643. The van der Waals surface area contributed by atoms with E-state index in [1.54, 1.807) is 0 Å². The number of nitrogens with one attached hydrogen (secondary N) is 1. The summed E-state index contributed by atoms with van der Waals surface area (Å²) in [6.07, 6.45) is 2.76. The second-order valence-electron chi connectivity index (χ2n) is 6.01. The summed E-state index contributed by atoms with van der Waals surface area (Å²) in [5.41, 5.74) is 2.10. The van der Waals surface area contributed by atoms with Crippen LogP contribution in [0.15, 0.2) is 24.3 Å². The van der Waals surface area contributed by atoms with Gasteiger partial charge in [0.1, 0.15) is 0 Å². The fraction of sp³-hybridized carbons (Fsp3) is 0.562. The second kappa shape index (κ2) is 5.94. The lowest BCUT2D eigenvalue weighted by molar-refractivity contribution is -0.136. The Morgan fingerprint density at radius 2 is 1.85 bits per heavy atom. The molecule has 4 heteroatoms. The quantitative estimate of drug-likeness (QED) is 0.854. The van der Waals surface area contributed by atoms with Gasteiger partial charge in [-0.15, -0.1) is 0 Å². The highest BCUT2D eigenvalue weighted by molar-refractivity contribution is 5.70. The maximum absolute atomic E-state index is 10.6.